The van der Waals surface area contributed by atoms with Gasteiger partial charge in [0.25, 0.3) is 0 Å². The number of aryl methyl sites for hydroxylation is 1. The molecule has 1 N–H and O–H groups in total. The van der Waals surface area contributed by atoms with E-state index >= 15 is 0 Å². The van der Waals surface area contributed by atoms with Crippen LogP contribution >= 0.6 is 11.5 Å². The van der Waals surface area contributed by atoms with E-state index in [9.17, 15) is 9.59 Å². The summed E-state index contributed by atoms with van der Waals surface area (Å²) in [7, 11) is 1.44. The average Bonchev–Trinajstić information content (AvgIpc) is 3.23. The predicted octanol–water partition coefficient (Wildman–Crippen LogP) is 5.65. The van der Waals surface area contributed by atoms with E-state index in [1.54, 1.807) is 0 Å². The lowest BCUT2D eigenvalue weighted by Crippen LogP contribution is -2.34. The van der Waals surface area contributed by atoms with Crippen molar-refractivity contribution in [3.05, 3.63) is 65.9 Å². The Labute approximate surface area is 203 Å². The van der Waals surface area contributed by atoms with E-state index in [0.717, 1.165) is 53.3 Å². The van der Waals surface area contributed by atoms with Crippen molar-refractivity contribution in [3.8, 4) is 10.4 Å². The number of hydrogen-bond acceptors (Lipinski definition) is 7. The number of rotatable bonds is 7. The van der Waals surface area contributed by atoms with Gasteiger partial charge in [0.2, 0.25) is 0 Å². The van der Waals surface area contributed by atoms with Crippen molar-refractivity contribution in [1.82, 2.24) is 4.37 Å². The first kappa shape index (κ1) is 23.8. The Morgan fingerprint density at radius 3 is 2.47 bits per heavy atom. The second-order valence-corrected chi connectivity index (χ2v) is 9.19. The molecule has 0 radical (unpaired) electrons. The highest BCUT2D eigenvalue weighted by Gasteiger charge is 2.22. The van der Waals surface area contributed by atoms with Crippen molar-refractivity contribution in [2.45, 2.75) is 32.8 Å². The third-order valence-corrected chi connectivity index (χ3v) is 7.08. The number of esters is 1. The van der Waals surface area contributed by atoms with Gasteiger partial charge in [0, 0.05) is 25.2 Å². The third-order valence-electron chi connectivity index (χ3n) is 6.09. The van der Waals surface area contributed by atoms with Gasteiger partial charge in [-0.3, -0.25) is 10.1 Å². The highest BCUT2D eigenvalue weighted by molar-refractivity contribution is 7.10. The molecule has 2 heterocycles. The number of benzene rings is 2. The lowest BCUT2D eigenvalue weighted by atomic mass is 9.93. The zero-order valence-corrected chi connectivity index (χ0v) is 20.3. The number of nitrogens with one attached hydrogen (secondary N) is 1. The second-order valence-electron chi connectivity index (χ2n) is 8.42. The number of nitrogens with zero attached hydrogens (tertiary/aromatic N) is 2. The summed E-state index contributed by atoms with van der Waals surface area (Å²) < 4.78 is 14.6. The van der Waals surface area contributed by atoms with Gasteiger partial charge in [0.05, 0.1) is 23.4 Å². The van der Waals surface area contributed by atoms with Crippen molar-refractivity contribution in [1.29, 1.82) is 0 Å². The molecular weight excluding hydrogens is 450 g/mol. The fourth-order valence-electron chi connectivity index (χ4n) is 4.11. The number of hydrogen-bond donors (Lipinski definition) is 1. The molecule has 0 bridgehead atoms. The molecule has 34 heavy (non-hydrogen) atoms. The maximum Gasteiger partial charge on any atom is 0.412 e. The standard InChI is InChI=1S/C26H29N3O4S/c1-18-24(27-26(31)33-17-20-6-4-3-5-7-20)25(34-28-18)21-8-10-22(11-9-21)29-14-12-19(13-15-29)16-23(30)32-2/h3-11,19H,12-17H2,1-2H3,(H,27,31). The first-order chi connectivity index (χ1) is 16.5. The van der Waals surface area contributed by atoms with Gasteiger partial charge in [-0.1, -0.05) is 42.5 Å². The maximum atomic E-state index is 12.4. The number of carbonyl (C=O) groups is 2. The molecule has 3 aromatic rings. The Kier molecular flexibility index (Phi) is 7.80. The van der Waals surface area contributed by atoms with Crippen molar-refractivity contribution in [2.75, 3.05) is 30.4 Å². The Hall–Kier alpha value is -3.39. The van der Waals surface area contributed by atoms with Crippen molar-refractivity contribution in [2.24, 2.45) is 5.92 Å². The summed E-state index contributed by atoms with van der Waals surface area (Å²) >= 11 is 1.36. The summed E-state index contributed by atoms with van der Waals surface area (Å²) in [5.41, 5.74) is 4.52. The molecule has 1 aromatic heterocycles. The fraction of sp³-hybridized carbons (Fsp3) is 0.346. The molecule has 8 heteroatoms. The molecule has 0 spiro atoms. The van der Waals surface area contributed by atoms with Crippen LogP contribution in [0.5, 0.6) is 0 Å². The van der Waals surface area contributed by atoms with Crippen molar-refractivity contribution < 1.29 is 19.1 Å². The Balaban J connectivity index is 1.37. The van der Waals surface area contributed by atoms with E-state index in [2.05, 4.69) is 38.9 Å². The van der Waals surface area contributed by atoms with E-state index in [1.807, 2.05) is 37.3 Å². The van der Waals surface area contributed by atoms with Crippen LogP contribution in [0, 0.1) is 12.8 Å². The molecule has 0 unspecified atom stereocenters. The molecule has 1 aliphatic rings. The monoisotopic (exact) mass is 479 g/mol. The van der Waals surface area contributed by atoms with E-state index in [-0.39, 0.29) is 12.6 Å². The molecular formula is C26H29N3O4S. The molecule has 1 aliphatic heterocycles. The molecule has 1 saturated heterocycles. The summed E-state index contributed by atoms with van der Waals surface area (Å²) in [6.45, 7) is 3.92. The third kappa shape index (κ3) is 5.94. The molecule has 1 fully saturated rings. The van der Waals surface area contributed by atoms with Crippen molar-refractivity contribution >= 4 is 35.0 Å². The highest BCUT2D eigenvalue weighted by Crippen LogP contribution is 2.36. The SMILES string of the molecule is COC(=O)CC1CCN(c2ccc(-c3snc(C)c3NC(=O)OCc3ccccc3)cc2)CC1. The Morgan fingerprint density at radius 1 is 1.09 bits per heavy atom. The van der Waals surface area contributed by atoms with E-state index in [0.29, 0.717) is 18.0 Å². The summed E-state index contributed by atoms with van der Waals surface area (Å²) in [5, 5.41) is 2.87. The van der Waals surface area contributed by atoms with Gasteiger partial charge >= 0.3 is 12.1 Å². The fourth-order valence-corrected chi connectivity index (χ4v) is 4.96. The molecule has 2 aromatic carbocycles. The van der Waals surface area contributed by atoms with E-state index in [1.165, 1.54) is 18.6 Å². The minimum Gasteiger partial charge on any atom is -0.469 e. The van der Waals surface area contributed by atoms with Crippen molar-refractivity contribution in [3.63, 3.8) is 0 Å². The van der Waals surface area contributed by atoms with Crippen LogP contribution in [-0.2, 0) is 20.9 Å². The summed E-state index contributed by atoms with van der Waals surface area (Å²) in [6.07, 6.45) is 1.95. The number of anilines is 2. The largest absolute Gasteiger partial charge is 0.469 e. The Bertz CT molecular complexity index is 1110. The number of ether oxygens (including phenoxy) is 2. The smallest absolute Gasteiger partial charge is 0.412 e. The zero-order chi connectivity index (χ0) is 23.9. The number of carbonyl (C=O) groups excluding carboxylic acids is 2. The number of methoxy groups -OCH3 is 1. The normalized spacial score (nSPS) is 14.0. The van der Waals surface area contributed by atoms with Crippen LogP contribution in [-0.4, -0.2) is 36.6 Å². The van der Waals surface area contributed by atoms with Crippen LogP contribution in [0.15, 0.2) is 54.6 Å². The Morgan fingerprint density at radius 2 is 1.79 bits per heavy atom. The number of piperidine rings is 1. The van der Waals surface area contributed by atoms with Gasteiger partial charge in [-0.15, -0.1) is 0 Å². The summed E-state index contributed by atoms with van der Waals surface area (Å²) in [5.74, 6) is 0.259. The topological polar surface area (TPSA) is 80.8 Å². The van der Waals surface area contributed by atoms with Gasteiger partial charge in [-0.25, -0.2) is 4.79 Å². The van der Waals surface area contributed by atoms with Gasteiger partial charge in [-0.05, 0) is 60.5 Å². The maximum absolute atomic E-state index is 12.4. The van der Waals surface area contributed by atoms with E-state index < -0.39 is 6.09 Å². The van der Waals surface area contributed by atoms with Crippen LogP contribution in [0.1, 0.15) is 30.5 Å². The molecule has 7 nitrogen and oxygen atoms in total. The van der Waals surface area contributed by atoms with Crippen LogP contribution in [0.2, 0.25) is 0 Å². The zero-order valence-electron chi connectivity index (χ0n) is 19.5. The van der Waals surface area contributed by atoms with E-state index in [4.69, 9.17) is 9.47 Å². The number of aromatic nitrogens is 1. The number of amides is 1. The quantitative estimate of drug-likeness (QED) is 0.441. The minimum atomic E-state index is -0.500. The van der Waals surface area contributed by atoms with Gasteiger partial charge < -0.3 is 14.4 Å². The molecule has 0 saturated carbocycles. The average molecular weight is 480 g/mol. The molecule has 0 atom stereocenters. The molecule has 178 valence electrons. The lowest BCUT2D eigenvalue weighted by molar-refractivity contribution is -0.141. The molecule has 1 amide bonds. The van der Waals surface area contributed by atoms with Crippen LogP contribution in [0.3, 0.4) is 0 Å². The first-order valence-corrected chi connectivity index (χ1v) is 12.2. The van der Waals surface area contributed by atoms with Crippen LogP contribution in [0.4, 0.5) is 16.2 Å². The molecule has 4 rings (SSSR count). The lowest BCUT2D eigenvalue weighted by Gasteiger charge is -2.33. The van der Waals surface area contributed by atoms with Gasteiger partial charge in [0.1, 0.15) is 6.61 Å². The van der Waals surface area contributed by atoms with Gasteiger partial charge in [0.15, 0.2) is 0 Å². The summed E-state index contributed by atoms with van der Waals surface area (Å²) in [6, 6.07) is 17.9. The first-order valence-electron chi connectivity index (χ1n) is 11.4. The van der Waals surface area contributed by atoms with Crippen LogP contribution < -0.4 is 10.2 Å². The van der Waals surface area contributed by atoms with Gasteiger partial charge in [-0.2, -0.15) is 4.37 Å². The minimum absolute atomic E-state index is 0.129. The summed E-state index contributed by atoms with van der Waals surface area (Å²) in [4.78, 5) is 27.2. The highest BCUT2D eigenvalue weighted by atomic mass is 32.1. The molecule has 0 aliphatic carbocycles. The predicted molar refractivity (Wildman–Crippen MR) is 134 cm³/mol. The second kappa shape index (κ2) is 11.2. The van der Waals surface area contributed by atoms with Crippen LogP contribution in [0.25, 0.3) is 10.4 Å².